The van der Waals surface area contributed by atoms with Crippen molar-refractivity contribution < 1.29 is 22.7 Å². The van der Waals surface area contributed by atoms with E-state index < -0.39 is 28.5 Å². The number of ether oxygens (including phenoxy) is 1. The minimum atomic E-state index is -3.84. The number of likely N-dealkylation sites (N-methyl/N-ethyl adjacent to an activating group) is 1. The zero-order valence-corrected chi connectivity index (χ0v) is 23.2. The highest BCUT2D eigenvalue weighted by molar-refractivity contribution is 7.92. The number of sulfonamides is 1. The summed E-state index contributed by atoms with van der Waals surface area (Å²) in [5.41, 5.74) is 1.79. The van der Waals surface area contributed by atoms with E-state index in [1.165, 1.54) is 11.9 Å². The lowest BCUT2D eigenvalue weighted by Gasteiger charge is -2.33. The van der Waals surface area contributed by atoms with Crippen molar-refractivity contribution in [3.63, 3.8) is 0 Å². The first-order valence-electron chi connectivity index (χ1n) is 12.1. The Kier molecular flexibility index (Phi) is 10.2. The van der Waals surface area contributed by atoms with Crippen LogP contribution in [0, 0.1) is 0 Å². The lowest BCUT2D eigenvalue weighted by Crippen LogP contribution is -2.52. The van der Waals surface area contributed by atoms with E-state index in [4.69, 9.17) is 16.3 Å². The van der Waals surface area contributed by atoms with E-state index in [2.05, 4.69) is 5.32 Å². The maximum absolute atomic E-state index is 13.9. The second kappa shape index (κ2) is 13.3. The van der Waals surface area contributed by atoms with Crippen molar-refractivity contribution in [1.29, 1.82) is 0 Å². The van der Waals surface area contributed by atoms with Crippen LogP contribution in [0.15, 0.2) is 78.9 Å². The van der Waals surface area contributed by atoms with Gasteiger partial charge in [0.15, 0.2) is 0 Å². The summed E-state index contributed by atoms with van der Waals surface area (Å²) in [7, 11) is -2.34. The van der Waals surface area contributed by atoms with E-state index in [1.54, 1.807) is 48.5 Å². The average Bonchev–Trinajstić information content (AvgIpc) is 2.90. The van der Waals surface area contributed by atoms with Crippen LogP contribution in [0.1, 0.15) is 18.1 Å². The highest BCUT2D eigenvalue weighted by Crippen LogP contribution is 2.24. The molecule has 0 saturated heterocycles. The molecule has 202 valence electrons. The fourth-order valence-electron chi connectivity index (χ4n) is 4.02. The molecule has 0 aliphatic carbocycles. The SMILES string of the molecule is CCOc1ccc(N(CC(=O)N(Cc2ccccc2Cl)[C@@H](Cc2ccccc2)C(=O)NC)S(C)(=O)=O)cc1. The van der Waals surface area contributed by atoms with E-state index in [9.17, 15) is 18.0 Å². The Hall–Kier alpha value is -3.56. The average molecular weight is 558 g/mol. The number of hydrogen-bond acceptors (Lipinski definition) is 5. The Morgan fingerprint density at radius 1 is 0.974 bits per heavy atom. The van der Waals surface area contributed by atoms with E-state index in [1.807, 2.05) is 37.3 Å². The predicted molar refractivity (Wildman–Crippen MR) is 150 cm³/mol. The van der Waals surface area contributed by atoms with Gasteiger partial charge in [-0.2, -0.15) is 0 Å². The first-order chi connectivity index (χ1) is 18.1. The Morgan fingerprint density at radius 2 is 1.61 bits per heavy atom. The highest BCUT2D eigenvalue weighted by atomic mass is 35.5. The molecule has 0 saturated carbocycles. The summed E-state index contributed by atoms with van der Waals surface area (Å²) in [4.78, 5) is 28.4. The molecule has 0 fully saturated rings. The molecule has 3 aromatic rings. The van der Waals surface area contributed by atoms with Gasteiger partial charge in [-0.3, -0.25) is 13.9 Å². The van der Waals surface area contributed by atoms with Crippen molar-refractivity contribution in [3.8, 4) is 5.75 Å². The standard InChI is InChI=1S/C28H32ClN3O5S/c1-4-37-24-16-14-23(15-17-24)32(38(3,35)36)20-27(33)31(19-22-12-8-9-13-25(22)29)26(28(34)30-2)18-21-10-6-5-7-11-21/h5-17,26H,4,18-20H2,1-3H3,(H,30,34)/t26-/m0/s1. The molecule has 3 rings (SSSR count). The molecule has 1 atom stereocenters. The van der Waals surface area contributed by atoms with E-state index in [0.29, 0.717) is 28.6 Å². The number of nitrogens with one attached hydrogen (secondary N) is 1. The fourth-order valence-corrected chi connectivity index (χ4v) is 5.06. The largest absolute Gasteiger partial charge is 0.494 e. The third-order valence-electron chi connectivity index (χ3n) is 5.93. The number of rotatable bonds is 12. The highest BCUT2D eigenvalue weighted by Gasteiger charge is 2.33. The Morgan fingerprint density at radius 3 is 2.18 bits per heavy atom. The third-order valence-corrected chi connectivity index (χ3v) is 7.44. The monoisotopic (exact) mass is 557 g/mol. The van der Waals surface area contributed by atoms with Gasteiger partial charge in [-0.1, -0.05) is 60.1 Å². The fraction of sp³-hybridized carbons (Fsp3) is 0.286. The minimum absolute atomic E-state index is 0.0182. The van der Waals surface area contributed by atoms with Gasteiger partial charge in [-0.05, 0) is 48.4 Å². The van der Waals surface area contributed by atoms with Crippen molar-refractivity contribution >= 4 is 39.1 Å². The van der Waals surface area contributed by atoms with Crippen LogP contribution in [0.4, 0.5) is 5.69 Å². The molecule has 8 nitrogen and oxygen atoms in total. The topological polar surface area (TPSA) is 96.0 Å². The summed E-state index contributed by atoms with van der Waals surface area (Å²) < 4.78 is 32.0. The van der Waals surface area contributed by atoms with Crippen LogP contribution in [-0.2, 0) is 32.6 Å². The van der Waals surface area contributed by atoms with Crippen molar-refractivity contribution in [2.45, 2.75) is 25.9 Å². The summed E-state index contributed by atoms with van der Waals surface area (Å²) in [6.45, 7) is 1.83. The van der Waals surface area contributed by atoms with Gasteiger partial charge < -0.3 is 15.0 Å². The molecule has 0 spiro atoms. The molecular formula is C28H32ClN3O5S. The van der Waals surface area contributed by atoms with Gasteiger partial charge in [0, 0.05) is 25.0 Å². The van der Waals surface area contributed by atoms with Gasteiger partial charge in [-0.15, -0.1) is 0 Å². The zero-order chi connectivity index (χ0) is 27.7. The number of halogens is 1. The van der Waals surface area contributed by atoms with Crippen LogP contribution in [0.5, 0.6) is 5.75 Å². The molecule has 0 aliphatic rings. The second-order valence-electron chi connectivity index (χ2n) is 8.63. The molecule has 0 aliphatic heterocycles. The molecule has 0 bridgehead atoms. The smallest absolute Gasteiger partial charge is 0.244 e. The number of nitrogens with zero attached hydrogens (tertiary/aromatic N) is 2. The summed E-state index contributed by atoms with van der Waals surface area (Å²) in [5.74, 6) is -0.339. The molecule has 0 unspecified atom stereocenters. The first kappa shape index (κ1) is 29.0. The molecule has 1 N–H and O–H groups in total. The number of carbonyl (C=O) groups is 2. The molecule has 0 heterocycles. The summed E-state index contributed by atoms with van der Waals surface area (Å²) in [6, 6.07) is 21.9. The van der Waals surface area contributed by atoms with Crippen molar-refractivity contribution in [2.75, 3.05) is 30.8 Å². The molecule has 0 radical (unpaired) electrons. The van der Waals surface area contributed by atoms with Crippen molar-refractivity contribution in [3.05, 3.63) is 95.0 Å². The van der Waals surface area contributed by atoms with Gasteiger partial charge in [-0.25, -0.2) is 8.42 Å². The normalized spacial score (nSPS) is 11.9. The van der Waals surface area contributed by atoms with E-state index in [-0.39, 0.29) is 18.9 Å². The lowest BCUT2D eigenvalue weighted by atomic mass is 10.0. The van der Waals surface area contributed by atoms with Gasteiger partial charge in [0.25, 0.3) is 0 Å². The Labute approximate surface area is 229 Å². The van der Waals surface area contributed by atoms with Gasteiger partial charge >= 0.3 is 0 Å². The van der Waals surface area contributed by atoms with E-state index >= 15 is 0 Å². The Bertz CT molecular complexity index is 1330. The van der Waals surface area contributed by atoms with E-state index in [0.717, 1.165) is 16.1 Å². The molecule has 38 heavy (non-hydrogen) atoms. The third kappa shape index (κ3) is 7.72. The zero-order valence-electron chi connectivity index (χ0n) is 21.6. The maximum atomic E-state index is 13.9. The molecule has 3 aromatic carbocycles. The molecular weight excluding hydrogens is 526 g/mol. The number of hydrogen-bond donors (Lipinski definition) is 1. The minimum Gasteiger partial charge on any atom is -0.494 e. The van der Waals surface area contributed by atoms with Gasteiger partial charge in [0.2, 0.25) is 21.8 Å². The van der Waals surface area contributed by atoms with Crippen molar-refractivity contribution in [2.24, 2.45) is 0 Å². The van der Waals surface area contributed by atoms with Crippen LogP contribution < -0.4 is 14.4 Å². The summed E-state index contributed by atoms with van der Waals surface area (Å²) in [5, 5.41) is 3.08. The second-order valence-corrected chi connectivity index (χ2v) is 10.9. The molecule has 10 heteroatoms. The maximum Gasteiger partial charge on any atom is 0.244 e. The first-order valence-corrected chi connectivity index (χ1v) is 14.4. The summed E-state index contributed by atoms with van der Waals surface area (Å²) in [6.07, 6.45) is 1.27. The van der Waals surface area contributed by atoms with Gasteiger partial charge in [0.05, 0.1) is 18.6 Å². The number of anilines is 1. The van der Waals surface area contributed by atoms with Crippen LogP contribution in [0.2, 0.25) is 5.02 Å². The Balaban J connectivity index is 2.01. The molecule has 0 aromatic heterocycles. The predicted octanol–water partition coefficient (Wildman–Crippen LogP) is 3.89. The quantitative estimate of drug-likeness (QED) is 0.364. The lowest BCUT2D eigenvalue weighted by molar-refractivity contribution is -0.139. The number of amides is 2. The number of benzene rings is 3. The van der Waals surface area contributed by atoms with Crippen LogP contribution in [0.25, 0.3) is 0 Å². The van der Waals surface area contributed by atoms with Crippen molar-refractivity contribution in [1.82, 2.24) is 10.2 Å². The van der Waals surface area contributed by atoms with Crippen LogP contribution >= 0.6 is 11.6 Å². The van der Waals surface area contributed by atoms with Gasteiger partial charge in [0.1, 0.15) is 18.3 Å². The summed E-state index contributed by atoms with van der Waals surface area (Å²) >= 11 is 6.41. The molecule has 2 amide bonds. The van der Waals surface area contributed by atoms with Crippen LogP contribution in [-0.4, -0.2) is 57.6 Å². The number of carbonyl (C=O) groups excluding carboxylic acids is 2. The van der Waals surface area contributed by atoms with Crippen LogP contribution in [0.3, 0.4) is 0 Å².